The van der Waals surface area contributed by atoms with Crippen molar-refractivity contribution in [2.24, 2.45) is 0 Å². The summed E-state index contributed by atoms with van der Waals surface area (Å²) in [6, 6.07) is 13.1. The van der Waals surface area contributed by atoms with Crippen LogP contribution >= 0.6 is 22.9 Å². The number of alkyl halides is 3. The molecule has 0 aliphatic carbocycles. The molecule has 29 heavy (non-hydrogen) atoms. The van der Waals surface area contributed by atoms with Crippen LogP contribution in [-0.4, -0.2) is 11.0 Å². The Bertz CT molecular complexity index is 1060. The normalized spacial score (nSPS) is 19.3. The SMILES string of the molecule is N#CC1NNNC1c1nc(-c2ccc(Cl)cc2)sc1-c1ccc(C(F)(F)F)cc1. The van der Waals surface area contributed by atoms with Gasteiger partial charge in [0.25, 0.3) is 0 Å². The van der Waals surface area contributed by atoms with Crippen molar-refractivity contribution >= 4 is 22.9 Å². The summed E-state index contributed by atoms with van der Waals surface area (Å²) in [5, 5.41) is 10.6. The van der Waals surface area contributed by atoms with E-state index in [1.165, 1.54) is 23.5 Å². The van der Waals surface area contributed by atoms with Gasteiger partial charge in [-0.1, -0.05) is 35.9 Å². The molecule has 1 aliphatic rings. The number of rotatable bonds is 3. The fourth-order valence-electron chi connectivity index (χ4n) is 2.97. The van der Waals surface area contributed by atoms with Crippen molar-refractivity contribution in [1.29, 1.82) is 5.26 Å². The molecule has 0 amide bonds. The molecule has 148 valence electrons. The van der Waals surface area contributed by atoms with Gasteiger partial charge in [-0.25, -0.2) is 15.8 Å². The maximum atomic E-state index is 12.9. The predicted octanol–water partition coefficient (Wildman–Crippen LogP) is 4.69. The summed E-state index contributed by atoms with van der Waals surface area (Å²) in [7, 11) is 0. The lowest BCUT2D eigenvalue weighted by atomic mass is 10.0. The Hall–Kier alpha value is -2.48. The second-order valence-corrected chi connectivity index (χ2v) is 7.75. The first-order chi connectivity index (χ1) is 13.9. The second kappa shape index (κ2) is 7.74. The number of aromatic nitrogens is 1. The van der Waals surface area contributed by atoms with E-state index >= 15 is 0 Å². The fourth-order valence-corrected chi connectivity index (χ4v) is 4.22. The van der Waals surface area contributed by atoms with E-state index in [0.29, 0.717) is 26.2 Å². The topological polar surface area (TPSA) is 72.8 Å². The number of benzene rings is 2. The van der Waals surface area contributed by atoms with Crippen LogP contribution in [0.2, 0.25) is 5.02 Å². The van der Waals surface area contributed by atoms with Crippen LogP contribution in [0, 0.1) is 11.3 Å². The smallest absolute Gasteiger partial charge is 0.239 e. The molecule has 2 heterocycles. The fraction of sp³-hybridized carbons (Fsp3) is 0.158. The number of hydrogen-bond acceptors (Lipinski definition) is 6. The number of hydrazine groups is 2. The first kappa shape index (κ1) is 19.8. The zero-order valence-corrected chi connectivity index (χ0v) is 16.2. The molecule has 1 saturated heterocycles. The minimum atomic E-state index is -4.41. The Labute approximate surface area is 173 Å². The third-order valence-corrected chi connectivity index (χ3v) is 5.86. The highest BCUT2D eigenvalue weighted by Crippen LogP contribution is 2.40. The van der Waals surface area contributed by atoms with E-state index in [9.17, 15) is 18.4 Å². The van der Waals surface area contributed by atoms with Crippen LogP contribution < -0.4 is 16.4 Å². The number of hydrogen-bond donors (Lipinski definition) is 3. The molecule has 1 aliphatic heterocycles. The number of thiazole rings is 1. The molecule has 5 nitrogen and oxygen atoms in total. The molecule has 0 radical (unpaired) electrons. The number of nitrogens with zero attached hydrogens (tertiary/aromatic N) is 2. The maximum Gasteiger partial charge on any atom is 0.416 e. The molecule has 2 unspecified atom stereocenters. The molecule has 4 rings (SSSR count). The lowest BCUT2D eigenvalue weighted by Crippen LogP contribution is -2.32. The van der Waals surface area contributed by atoms with E-state index in [4.69, 9.17) is 16.6 Å². The average Bonchev–Trinajstić information content (AvgIpc) is 3.34. The number of nitrogens with one attached hydrogen (secondary N) is 3. The van der Waals surface area contributed by atoms with Gasteiger partial charge in [0.2, 0.25) is 0 Å². The van der Waals surface area contributed by atoms with Crippen molar-refractivity contribution in [2.75, 3.05) is 0 Å². The zero-order chi connectivity index (χ0) is 20.6. The molecule has 2 aromatic carbocycles. The van der Waals surface area contributed by atoms with Crippen molar-refractivity contribution in [3.05, 3.63) is 64.8 Å². The largest absolute Gasteiger partial charge is 0.416 e. The first-order valence-corrected chi connectivity index (χ1v) is 9.66. The average molecular weight is 436 g/mol. The molecular weight excluding hydrogens is 423 g/mol. The lowest BCUT2D eigenvalue weighted by molar-refractivity contribution is -0.137. The highest BCUT2D eigenvalue weighted by molar-refractivity contribution is 7.18. The van der Waals surface area contributed by atoms with Crippen LogP contribution in [0.1, 0.15) is 17.3 Å². The molecule has 1 fully saturated rings. The monoisotopic (exact) mass is 435 g/mol. The van der Waals surface area contributed by atoms with Crippen LogP contribution in [-0.2, 0) is 6.18 Å². The van der Waals surface area contributed by atoms with Crippen LogP contribution in [0.3, 0.4) is 0 Å². The summed E-state index contributed by atoms with van der Waals surface area (Å²) >= 11 is 7.30. The van der Waals surface area contributed by atoms with Crippen LogP contribution in [0.4, 0.5) is 13.2 Å². The standard InChI is InChI=1S/C19H13ClF3N5S/c20-13-7-3-11(4-8-13)18-25-16(15-14(9-24)26-28-27-15)17(29-18)10-1-5-12(6-2-10)19(21,22)23/h1-8,14-15,26-28H. The third-order valence-electron chi connectivity index (χ3n) is 4.44. The van der Waals surface area contributed by atoms with Crippen LogP contribution in [0.5, 0.6) is 0 Å². The Kier molecular flexibility index (Phi) is 5.29. The molecule has 0 spiro atoms. The molecule has 10 heteroatoms. The summed E-state index contributed by atoms with van der Waals surface area (Å²) in [5.74, 6) is 0. The molecule has 1 aromatic heterocycles. The van der Waals surface area contributed by atoms with Crippen molar-refractivity contribution in [3.63, 3.8) is 0 Å². The van der Waals surface area contributed by atoms with Gasteiger partial charge in [0.15, 0.2) is 0 Å². The van der Waals surface area contributed by atoms with E-state index in [0.717, 1.165) is 17.7 Å². The summed E-state index contributed by atoms with van der Waals surface area (Å²) in [6.45, 7) is 0. The Balaban J connectivity index is 1.81. The van der Waals surface area contributed by atoms with Gasteiger partial charge in [-0.05, 0) is 29.8 Å². The highest BCUT2D eigenvalue weighted by Gasteiger charge is 2.34. The number of halogens is 4. The number of nitriles is 1. The van der Waals surface area contributed by atoms with E-state index in [-0.39, 0.29) is 0 Å². The molecule has 3 N–H and O–H groups in total. The summed E-state index contributed by atoms with van der Waals surface area (Å²) in [6.07, 6.45) is -4.41. The van der Waals surface area contributed by atoms with E-state index in [1.54, 1.807) is 12.1 Å². The second-order valence-electron chi connectivity index (χ2n) is 6.31. The lowest BCUT2D eigenvalue weighted by Gasteiger charge is -2.12. The van der Waals surface area contributed by atoms with Crippen molar-refractivity contribution in [2.45, 2.75) is 18.3 Å². The highest BCUT2D eigenvalue weighted by atomic mass is 35.5. The minimum absolute atomic E-state index is 0.477. The molecular formula is C19H13ClF3N5S. The predicted molar refractivity (Wildman–Crippen MR) is 105 cm³/mol. The van der Waals surface area contributed by atoms with Gasteiger partial charge in [0.1, 0.15) is 11.0 Å². The molecule has 2 atom stereocenters. The quantitative estimate of drug-likeness (QED) is 0.556. The van der Waals surface area contributed by atoms with Crippen molar-refractivity contribution < 1.29 is 13.2 Å². The van der Waals surface area contributed by atoms with Gasteiger partial charge in [-0.3, -0.25) is 0 Å². The Morgan fingerprint density at radius 2 is 1.66 bits per heavy atom. The summed E-state index contributed by atoms with van der Waals surface area (Å²) in [5.41, 5.74) is 9.73. The Morgan fingerprint density at radius 1 is 1.00 bits per heavy atom. The van der Waals surface area contributed by atoms with Gasteiger partial charge in [-0.15, -0.1) is 11.3 Å². The maximum absolute atomic E-state index is 12.9. The molecule has 3 aromatic rings. The third kappa shape index (κ3) is 3.99. The van der Waals surface area contributed by atoms with Crippen LogP contribution in [0.15, 0.2) is 48.5 Å². The van der Waals surface area contributed by atoms with E-state index < -0.39 is 23.8 Å². The summed E-state index contributed by atoms with van der Waals surface area (Å²) < 4.78 is 38.8. The van der Waals surface area contributed by atoms with Crippen molar-refractivity contribution in [1.82, 2.24) is 21.4 Å². The zero-order valence-electron chi connectivity index (χ0n) is 14.6. The van der Waals surface area contributed by atoms with Crippen molar-refractivity contribution in [3.8, 4) is 27.1 Å². The summed E-state index contributed by atoms with van der Waals surface area (Å²) in [4.78, 5) is 5.38. The molecule has 0 bridgehead atoms. The molecule has 0 saturated carbocycles. The van der Waals surface area contributed by atoms with E-state index in [2.05, 4.69) is 22.5 Å². The Morgan fingerprint density at radius 3 is 2.28 bits per heavy atom. The van der Waals surface area contributed by atoms with Gasteiger partial charge < -0.3 is 0 Å². The van der Waals surface area contributed by atoms with Crippen LogP contribution in [0.25, 0.3) is 21.0 Å². The minimum Gasteiger partial charge on any atom is -0.239 e. The van der Waals surface area contributed by atoms with Gasteiger partial charge in [-0.2, -0.15) is 24.0 Å². The van der Waals surface area contributed by atoms with Gasteiger partial charge >= 0.3 is 6.18 Å². The van der Waals surface area contributed by atoms with E-state index in [1.807, 2.05) is 12.1 Å². The van der Waals surface area contributed by atoms with Gasteiger partial charge in [0, 0.05) is 10.6 Å². The van der Waals surface area contributed by atoms with Gasteiger partial charge in [0.05, 0.1) is 28.2 Å². The first-order valence-electron chi connectivity index (χ1n) is 8.47.